The van der Waals surface area contributed by atoms with Crippen LogP contribution in [0.3, 0.4) is 0 Å². The van der Waals surface area contributed by atoms with Gasteiger partial charge in [0.2, 0.25) is 0 Å². The van der Waals surface area contributed by atoms with Gasteiger partial charge in [0.25, 0.3) is 0 Å². The van der Waals surface area contributed by atoms with Crippen LogP contribution in [0.1, 0.15) is 22.3 Å². The van der Waals surface area contributed by atoms with Crippen molar-refractivity contribution in [3.8, 4) is 33.4 Å². The lowest BCUT2D eigenvalue weighted by atomic mass is 9.70. The highest BCUT2D eigenvalue weighted by Crippen LogP contribution is 2.64. The number of benzene rings is 11. The minimum Gasteiger partial charge on any atom is -0.454 e. The van der Waals surface area contributed by atoms with Crippen LogP contribution in [0.25, 0.3) is 66.1 Å². The third-order valence-electron chi connectivity index (χ3n) is 14.4. The highest BCUT2D eigenvalue weighted by molar-refractivity contribution is 6.11. The number of furan rings is 1. The van der Waals surface area contributed by atoms with Gasteiger partial charge in [-0.1, -0.05) is 194 Å². The fourth-order valence-corrected chi connectivity index (χ4v) is 11.6. The standard InChI is InChI=1S/C65H42N2O/c1-4-19-43(20-5-1)50-38-35-44-21-10-11-26-49(44)63(50)67(46-24-8-3-9-25-46)48-37-40-54-52-28-13-16-32-58(52)65(60(54)42-48)57-31-15-12-27-51(57)53-39-36-47(41-59(53)65)66(45-22-6-2-7-23-45)61-33-18-30-56-55-29-14-17-34-62(55)68-64(56)61/h1-42H. The molecule has 0 saturated carbocycles. The van der Waals surface area contributed by atoms with E-state index in [1.807, 2.05) is 6.07 Å². The zero-order chi connectivity index (χ0) is 44.8. The maximum atomic E-state index is 6.76. The minimum absolute atomic E-state index is 0.624. The second kappa shape index (κ2) is 15.1. The summed E-state index contributed by atoms with van der Waals surface area (Å²) in [5.74, 6) is 0. The SMILES string of the molecule is c1ccc(-c2ccc3ccccc3c2N(c2ccccc2)c2ccc3c(c2)C2(c4ccccc4-3)c3ccccc3-c3ccc(N(c4ccccc4)c4cccc5c4oc4ccccc45)cc32)cc1. The maximum Gasteiger partial charge on any atom is 0.159 e. The van der Waals surface area contributed by atoms with Crippen molar-refractivity contribution in [1.82, 2.24) is 0 Å². The number of rotatable bonds is 7. The molecule has 0 fully saturated rings. The lowest BCUT2D eigenvalue weighted by Crippen LogP contribution is -2.26. The average molecular weight is 867 g/mol. The van der Waals surface area contributed by atoms with E-state index in [1.165, 1.54) is 66.4 Å². The van der Waals surface area contributed by atoms with Crippen molar-refractivity contribution in [2.45, 2.75) is 5.41 Å². The summed E-state index contributed by atoms with van der Waals surface area (Å²) in [7, 11) is 0. The Hall–Kier alpha value is -8.92. The number of fused-ring (bicyclic) bond motifs is 14. The van der Waals surface area contributed by atoms with Crippen molar-refractivity contribution in [2.24, 2.45) is 0 Å². The van der Waals surface area contributed by atoms with Crippen molar-refractivity contribution >= 4 is 66.8 Å². The molecule has 0 saturated heterocycles. The first-order chi connectivity index (χ1) is 33.8. The molecular formula is C65H42N2O. The van der Waals surface area contributed by atoms with Crippen molar-refractivity contribution in [2.75, 3.05) is 9.80 Å². The smallest absolute Gasteiger partial charge is 0.159 e. The summed E-state index contributed by atoms with van der Waals surface area (Å²) in [5.41, 5.74) is 20.1. The molecule has 68 heavy (non-hydrogen) atoms. The minimum atomic E-state index is -0.624. The van der Waals surface area contributed by atoms with Crippen molar-refractivity contribution in [3.63, 3.8) is 0 Å². The van der Waals surface area contributed by atoms with Crippen LogP contribution >= 0.6 is 0 Å². The van der Waals surface area contributed by atoms with E-state index >= 15 is 0 Å². The molecule has 2 aliphatic rings. The number of para-hydroxylation sites is 4. The highest BCUT2D eigenvalue weighted by Gasteiger charge is 2.52. The third-order valence-corrected chi connectivity index (χ3v) is 14.4. The van der Waals surface area contributed by atoms with Crippen LogP contribution in [0.5, 0.6) is 0 Å². The summed E-state index contributed by atoms with van der Waals surface area (Å²) in [5, 5.41) is 4.60. The summed E-state index contributed by atoms with van der Waals surface area (Å²) >= 11 is 0. The first-order valence-corrected chi connectivity index (χ1v) is 23.4. The fourth-order valence-electron chi connectivity index (χ4n) is 11.6. The lowest BCUT2D eigenvalue weighted by molar-refractivity contribution is 0.669. The van der Waals surface area contributed by atoms with Crippen LogP contribution in [0.4, 0.5) is 34.1 Å². The van der Waals surface area contributed by atoms with Crippen molar-refractivity contribution in [1.29, 1.82) is 0 Å². The molecule has 0 bridgehead atoms. The number of anilines is 6. The van der Waals surface area contributed by atoms with Crippen LogP contribution in [-0.4, -0.2) is 0 Å². The molecule has 0 radical (unpaired) electrons. The van der Waals surface area contributed by atoms with E-state index in [4.69, 9.17) is 4.42 Å². The molecule has 12 aromatic rings. The second-order valence-electron chi connectivity index (χ2n) is 17.9. The molecule has 1 heterocycles. The van der Waals surface area contributed by atoms with Crippen LogP contribution < -0.4 is 9.80 Å². The fraction of sp³-hybridized carbons (Fsp3) is 0.0154. The third kappa shape index (κ3) is 5.54. The van der Waals surface area contributed by atoms with Crippen LogP contribution in [0, 0.1) is 0 Å². The van der Waals surface area contributed by atoms with E-state index in [0.29, 0.717) is 0 Å². The van der Waals surface area contributed by atoms with Gasteiger partial charge in [0.05, 0.1) is 16.8 Å². The first kappa shape index (κ1) is 38.4. The molecule has 1 aromatic heterocycles. The molecule has 0 aliphatic heterocycles. The van der Waals surface area contributed by atoms with Crippen LogP contribution in [-0.2, 0) is 5.41 Å². The Morgan fingerprint density at radius 3 is 1.49 bits per heavy atom. The van der Waals surface area contributed by atoms with E-state index in [2.05, 4.69) is 259 Å². The van der Waals surface area contributed by atoms with E-state index in [9.17, 15) is 0 Å². The molecule has 1 unspecified atom stereocenters. The molecular weight excluding hydrogens is 825 g/mol. The lowest BCUT2D eigenvalue weighted by Gasteiger charge is -2.34. The summed E-state index contributed by atoms with van der Waals surface area (Å²) in [6.07, 6.45) is 0. The van der Waals surface area contributed by atoms with Gasteiger partial charge in [-0.3, -0.25) is 0 Å². The molecule has 2 aliphatic carbocycles. The highest BCUT2D eigenvalue weighted by atomic mass is 16.3. The van der Waals surface area contributed by atoms with Gasteiger partial charge >= 0.3 is 0 Å². The summed E-state index contributed by atoms with van der Waals surface area (Å²) in [6.45, 7) is 0. The van der Waals surface area contributed by atoms with Gasteiger partial charge in [0.15, 0.2) is 5.58 Å². The van der Waals surface area contributed by atoms with Gasteiger partial charge in [-0.15, -0.1) is 0 Å². The molecule has 1 atom stereocenters. The molecule has 3 heteroatoms. The zero-order valence-corrected chi connectivity index (χ0v) is 37.1. The molecule has 0 N–H and O–H groups in total. The van der Waals surface area contributed by atoms with Gasteiger partial charge in [-0.05, 0) is 116 Å². The summed E-state index contributed by atoms with van der Waals surface area (Å²) in [6, 6.07) is 93.1. The summed E-state index contributed by atoms with van der Waals surface area (Å²) in [4.78, 5) is 4.87. The molecule has 14 rings (SSSR count). The second-order valence-corrected chi connectivity index (χ2v) is 17.9. The Balaban J connectivity index is 1.05. The number of hydrogen-bond donors (Lipinski definition) is 0. The Morgan fingerprint density at radius 2 is 0.809 bits per heavy atom. The molecule has 11 aromatic carbocycles. The van der Waals surface area contributed by atoms with E-state index in [1.54, 1.807) is 0 Å². The van der Waals surface area contributed by atoms with Crippen molar-refractivity contribution in [3.05, 3.63) is 277 Å². The van der Waals surface area contributed by atoms with Gasteiger partial charge in [-0.2, -0.15) is 0 Å². The quantitative estimate of drug-likeness (QED) is 0.159. The first-order valence-electron chi connectivity index (χ1n) is 23.4. The van der Waals surface area contributed by atoms with E-state index in [0.717, 1.165) is 56.1 Å². The molecule has 1 spiro atoms. The van der Waals surface area contributed by atoms with E-state index < -0.39 is 5.41 Å². The predicted octanol–water partition coefficient (Wildman–Crippen LogP) is 17.7. The number of hydrogen-bond acceptors (Lipinski definition) is 3. The van der Waals surface area contributed by atoms with Crippen molar-refractivity contribution < 1.29 is 4.42 Å². The molecule has 0 amide bonds. The van der Waals surface area contributed by atoms with Gasteiger partial charge in [0.1, 0.15) is 5.58 Å². The van der Waals surface area contributed by atoms with Crippen LogP contribution in [0.15, 0.2) is 259 Å². The maximum absolute atomic E-state index is 6.76. The predicted molar refractivity (Wildman–Crippen MR) is 282 cm³/mol. The van der Waals surface area contributed by atoms with Gasteiger partial charge in [-0.25, -0.2) is 0 Å². The monoisotopic (exact) mass is 866 g/mol. The Labute approximate surface area is 395 Å². The molecule has 3 nitrogen and oxygen atoms in total. The molecule has 318 valence electrons. The average Bonchev–Trinajstić information content (AvgIpc) is 4.04. The largest absolute Gasteiger partial charge is 0.454 e. The normalized spacial score (nSPS) is 14.2. The van der Waals surface area contributed by atoms with E-state index in [-0.39, 0.29) is 0 Å². The summed E-state index contributed by atoms with van der Waals surface area (Å²) < 4.78 is 6.76. The zero-order valence-electron chi connectivity index (χ0n) is 37.1. The van der Waals surface area contributed by atoms with Gasteiger partial charge < -0.3 is 14.2 Å². The Kier molecular flexibility index (Phi) is 8.50. The Bertz CT molecular complexity index is 3920. The van der Waals surface area contributed by atoms with Gasteiger partial charge in [0, 0.05) is 44.5 Å². The Morgan fingerprint density at radius 1 is 0.309 bits per heavy atom. The topological polar surface area (TPSA) is 19.6 Å². The van der Waals surface area contributed by atoms with Crippen LogP contribution in [0.2, 0.25) is 0 Å². The number of nitrogens with zero attached hydrogens (tertiary/aromatic N) is 2.